The van der Waals surface area contributed by atoms with Gasteiger partial charge in [-0.15, -0.1) is 0 Å². The van der Waals surface area contributed by atoms with Gasteiger partial charge >= 0.3 is 0 Å². The number of carbonyl (C=O) groups is 1. The maximum absolute atomic E-state index is 12.6. The Bertz CT molecular complexity index is 707. The maximum atomic E-state index is 12.6. The summed E-state index contributed by atoms with van der Waals surface area (Å²) in [6.07, 6.45) is 7.65. The van der Waals surface area contributed by atoms with Crippen LogP contribution < -0.4 is 0 Å². The summed E-state index contributed by atoms with van der Waals surface area (Å²) < 4.78 is 0. The van der Waals surface area contributed by atoms with Crippen molar-refractivity contribution in [2.24, 2.45) is 0 Å². The van der Waals surface area contributed by atoms with Crippen molar-refractivity contribution in [1.82, 2.24) is 14.8 Å². The van der Waals surface area contributed by atoms with E-state index in [4.69, 9.17) is 0 Å². The number of aromatic nitrogens is 1. The summed E-state index contributed by atoms with van der Waals surface area (Å²) in [6.45, 7) is 5.07. The van der Waals surface area contributed by atoms with Gasteiger partial charge in [0.1, 0.15) is 0 Å². The summed E-state index contributed by atoms with van der Waals surface area (Å²) in [5.41, 5.74) is 2.08. The van der Waals surface area contributed by atoms with E-state index in [9.17, 15) is 4.79 Å². The van der Waals surface area contributed by atoms with Crippen molar-refractivity contribution in [1.29, 1.82) is 0 Å². The van der Waals surface area contributed by atoms with Crippen LogP contribution in [0, 0.1) is 0 Å². The van der Waals surface area contributed by atoms with Crippen LogP contribution in [0.25, 0.3) is 10.9 Å². The number of likely N-dealkylation sites (tertiary alicyclic amines) is 1. The van der Waals surface area contributed by atoms with Crippen LogP contribution in [0.4, 0.5) is 0 Å². The van der Waals surface area contributed by atoms with E-state index in [1.54, 1.807) is 0 Å². The number of benzene rings is 1. The van der Waals surface area contributed by atoms with Gasteiger partial charge in [-0.3, -0.25) is 9.78 Å². The second-order valence-corrected chi connectivity index (χ2v) is 7.29. The van der Waals surface area contributed by atoms with Gasteiger partial charge < -0.3 is 9.80 Å². The summed E-state index contributed by atoms with van der Waals surface area (Å²) in [5, 5.41) is 1.12. The summed E-state index contributed by atoms with van der Waals surface area (Å²) in [7, 11) is 1.90. The van der Waals surface area contributed by atoms with Crippen molar-refractivity contribution in [3.05, 3.63) is 42.1 Å². The van der Waals surface area contributed by atoms with Crippen LogP contribution in [-0.2, 0) is 11.3 Å². The van der Waals surface area contributed by atoms with Gasteiger partial charge in [0, 0.05) is 37.6 Å². The smallest absolute Gasteiger partial charge is 0.224 e. The number of para-hydroxylation sites is 1. The first kappa shape index (κ1) is 17.9. The minimum Gasteiger partial charge on any atom is -0.341 e. The molecule has 134 valence electrons. The Kier molecular flexibility index (Phi) is 6.03. The molecule has 0 bridgehead atoms. The second kappa shape index (κ2) is 8.43. The Hall–Kier alpha value is -1.94. The Balaban J connectivity index is 1.57. The first-order valence-corrected chi connectivity index (χ1v) is 9.45. The highest BCUT2D eigenvalue weighted by Gasteiger charge is 2.20. The zero-order chi connectivity index (χ0) is 17.6. The number of fused-ring (bicyclic) bond motifs is 1. The highest BCUT2D eigenvalue weighted by molar-refractivity contribution is 5.79. The number of pyridine rings is 1. The number of nitrogens with zero attached hydrogens (tertiary/aromatic N) is 3. The molecular formula is C21H29N3O. The normalized spacial score (nSPS) is 17.2. The van der Waals surface area contributed by atoms with Gasteiger partial charge in [-0.1, -0.05) is 31.0 Å². The van der Waals surface area contributed by atoms with Crippen molar-refractivity contribution in [3.63, 3.8) is 0 Å². The lowest BCUT2D eigenvalue weighted by Gasteiger charge is -2.28. The topological polar surface area (TPSA) is 36.4 Å². The Morgan fingerprint density at radius 2 is 1.92 bits per heavy atom. The molecule has 1 saturated heterocycles. The molecule has 0 saturated carbocycles. The molecule has 1 unspecified atom stereocenters. The fourth-order valence-corrected chi connectivity index (χ4v) is 3.64. The third kappa shape index (κ3) is 4.79. The zero-order valence-corrected chi connectivity index (χ0v) is 15.4. The van der Waals surface area contributed by atoms with Gasteiger partial charge in [0.2, 0.25) is 5.91 Å². The van der Waals surface area contributed by atoms with Gasteiger partial charge in [-0.25, -0.2) is 0 Å². The molecule has 1 aliphatic heterocycles. The van der Waals surface area contributed by atoms with Crippen LogP contribution in [0.15, 0.2) is 36.5 Å². The zero-order valence-electron chi connectivity index (χ0n) is 15.4. The lowest BCUT2D eigenvalue weighted by Crippen LogP contribution is -2.38. The van der Waals surface area contributed by atoms with Crippen LogP contribution in [0.3, 0.4) is 0 Å². The Labute approximate surface area is 150 Å². The van der Waals surface area contributed by atoms with Gasteiger partial charge in [0.25, 0.3) is 0 Å². The molecule has 2 heterocycles. The molecule has 4 heteroatoms. The Morgan fingerprint density at radius 3 is 2.68 bits per heavy atom. The van der Waals surface area contributed by atoms with Crippen molar-refractivity contribution in [2.75, 3.05) is 20.1 Å². The molecule has 0 spiro atoms. The van der Waals surface area contributed by atoms with Crippen molar-refractivity contribution >= 4 is 16.8 Å². The number of hydrogen-bond donors (Lipinski definition) is 0. The van der Waals surface area contributed by atoms with E-state index in [2.05, 4.69) is 28.9 Å². The SMILES string of the molecule is CC(CC(=O)N(C)Cc1cnc2ccccc2c1)N1CCCCCC1. The molecule has 0 N–H and O–H groups in total. The predicted octanol–water partition coefficient (Wildman–Crippen LogP) is 3.85. The minimum atomic E-state index is 0.213. The molecule has 0 radical (unpaired) electrons. The fourth-order valence-electron chi connectivity index (χ4n) is 3.64. The predicted molar refractivity (Wildman–Crippen MR) is 102 cm³/mol. The van der Waals surface area contributed by atoms with Crippen molar-refractivity contribution < 1.29 is 4.79 Å². The third-order valence-corrected chi connectivity index (χ3v) is 5.23. The maximum Gasteiger partial charge on any atom is 0.224 e. The number of amides is 1. The molecule has 1 fully saturated rings. The third-order valence-electron chi connectivity index (χ3n) is 5.23. The lowest BCUT2D eigenvalue weighted by molar-refractivity contribution is -0.131. The van der Waals surface area contributed by atoms with E-state index in [-0.39, 0.29) is 5.91 Å². The van der Waals surface area contributed by atoms with E-state index in [1.807, 2.05) is 36.3 Å². The largest absolute Gasteiger partial charge is 0.341 e. The number of carbonyl (C=O) groups excluding carboxylic acids is 1. The standard InChI is InChI=1S/C21H29N3O/c1-17(24-11-7-3-4-8-12-24)13-21(25)23(2)16-18-14-19-9-5-6-10-20(19)22-15-18/h5-6,9-10,14-15,17H,3-4,7-8,11-13,16H2,1-2H3. The number of hydrogen-bond acceptors (Lipinski definition) is 3. The fraction of sp³-hybridized carbons (Fsp3) is 0.524. The molecule has 1 atom stereocenters. The van der Waals surface area contributed by atoms with Gasteiger partial charge in [-0.2, -0.15) is 0 Å². The summed E-state index contributed by atoms with van der Waals surface area (Å²) in [5.74, 6) is 0.213. The average molecular weight is 339 g/mol. The molecule has 4 nitrogen and oxygen atoms in total. The monoisotopic (exact) mass is 339 g/mol. The highest BCUT2D eigenvalue weighted by atomic mass is 16.2. The lowest BCUT2D eigenvalue weighted by atomic mass is 10.1. The average Bonchev–Trinajstić information content (AvgIpc) is 2.91. The van der Waals surface area contributed by atoms with Crippen molar-refractivity contribution in [2.45, 2.75) is 51.6 Å². The molecule has 3 rings (SSSR count). The van der Waals surface area contributed by atoms with E-state index < -0.39 is 0 Å². The van der Waals surface area contributed by atoms with Crippen molar-refractivity contribution in [3.8, 4) is 0 Å². The quantitative estimate of drug-likeness (QED) is 0.830. The van der Waals surface area contributed by atoms with Crippen LogP contribution in [0.2, 0.25) is 0 Å². The molecule has 1 amide bonds. The molecule has 0 aliphatic carbocycles. The minimum absolute atomic E-state index is 0.213. The number of rotatable bonds is 5. The van der Waals surface area contributed by atoms with E-state index in [1.165, 1.54) is 25.7 Å². The molecule has 1 aromatic heterocycles. The molecule has 2 aromatic rings. The van der Waals surface area contributed by atoms with Crippen LogP contribution in [0.5, 0.6) is 0 Å². The summed E-state index contributed by atoms with van der Waals surface area (Å²) >= 11 is 0. The molecular weight excluding hydrogens is 310 g/mol. The molecule has 25 heavy (non-hydrogen) atoms. The summed E-state index contributed by atoms with van der Waals surface area (Å²) in [4.78, 5) is 21.4. The van der Waals surface area contributed by atoms with Gasteiger partial charge in [0.05, 0.1) is 5.52 Å². The van der Waals surface area contributed by atoms with E-state index in [0.717, 1.165) is 29.6 Å². The van der Waals surface area contributed by atoms with E-state index in [0.29, 0.717) is 19.0 Å². The summed E-state index contributed by atoms with van der Waals surface area (Å²) in [6, 6.07) is 10.5. The van der Waals surface area contributed by atoms with Gasteiger partial charge in [0.15, 0.2) is 0 Å². The molecule has 1 aromatic carbocycles. The van der Waals surface area contributed by atoms with Crippen LogP contribution in [0.1, 0.15) is 44.6 Å². The van der Waals surface area contributed by atoms with Crippen LogP contribution in [-0.4, -0.2) is 46.9 Å². The first-order valence-electron chi connectivity index (χ1n) is 9.45. The first-order chi connectivity index (χ1) is 12.1. The molecule has 1 aliphatic rings. The Morgan fingerprint density at radius 1 is 1.20 bits per heavy atom. The highest BCUT2D eigenvalue weighted by Crippen LogP contribution is 2.17. The van der Waals surface area contributed by atoms with Gasteiger partial charge in [-0.05, 0) is 50.6 Å². The second-order valence-electron chi connectivity index (χ2n) is 7.29. The van der Waals surface area contributed by atoms with E-state index >= 15 is 0 Å². The van der Waals surface area contributed by atoms with Crippen LogP contribution >= 0.6 is 0 Å².